The molecule has 0 bridgehead atoms. The van der Waals surface area contributed by atoms with Gasteiger partial charge in [0.25, 0.3) is 0 Å². The number of para-hydroxylation sites is 1. The molecule has 0 amide bonds. The monoisotopic (exact) mass is 361 g/mol. The van der Waals surface area contributed by atoms with Gasteiger partial charge in [-0.1, -0.05) is 12.1 Å². The number of rotatable bonds is 5. The smallest absolute Gasteiger partial charge is 0.193 e. The second kappa shape index (κ2) is 7.11. The highest BCUT2D eigenvalue weighted by molar-refractivity contribution is 7.94. The molecule has 0 spiro atoms. The molecule has 1 heterocycles. The normalized spacial score (nSPS) is 12.1. The quantitative estimate of drug-likeness (QED) is 0.700. The van der Waals surface area contributed by atoms with E-state index in [1.165, 1.54) is 24.4 Å². The summed E-state index contributed by atoms with van der Waals surface area (Å²) in [6, 6.07) is 13.8. The number of fused-ring (bicyclic) bond motifs is 1. The minimum absolute atomic E-state index is 0.133. The molecule has 0 saturated heterocycles. The number of anilines is 1. The number of benzene rings is 2. The largest absolute Gasteiger partial charge is 0.456 e. The van der Waals surface area contributed by atoms with Gasteiger partial charge in [0.05, 0.1) is 23.1 Å². The molecule has 7 heteroatoms. The van der Waals surface area contributed by atoms with Gasteiger partial charge in [-0.25, -0.2) is 4.21 Å². The fourth-order valence-corrected chi connectivity index (χ4v) is 3.14. The van der Waals surface area contributed by atoms with Crippen LogP contribution in [0, 0.1) is 0 Å². The zero-order chi connectivity index (χ0) is 17.1. The molecule has 1 aromatic heterocycles. The Hall–Kier alpha value is -2.25. The van der Waals surface area contributed by atoms with Crippen molar-refractivity contribution in [3.8, 4) is 17.1 Å². The lowest BCUT2D eigenvalue weighted by Crippen LogP contribution is -2.04. The molecule has 1 N–H and O–H groups in total. The maximum atomic E-state index is 12.3. The van der Waals surface area contributed by atoms with Crippen molar-refractivity contribution < 1.29 is 12.8 Å². The van der Waals surface area contributed by atoms with Crippen molar-refractivity contribution in [2.24, 2.45) is 0 Å². The fourth-order valence-electron chi connectivity index (χ4n) is 2.36. The van der Waals surface area contributed by atoms with Crippen LogP contribution in [0.25, 0.3) is 22.3 Å². The van der Waals surface area contributed by atoms with E-state index in [1.54, 1.807) is 36.4 Å². The summed E-state index contributed by atoms with van der Waals surface area (Å²) >= 11 is 1.21. The van der Waals surface area contributed by atoms with Crippen molar-refractivity contribution >= 4 is 39.7 Å². The van der Waals surface area contributed by atoms with Gasteiger partial charge in [-0.2, -0.15) is 0 Å². The first-order valence-electron chi connectivity index (χ1n) is 7.06. The highest BCUT2D eigenvalue weighted by Gasteiger charge is 2.13. The Morgan fingerprint density at radius 1 is 1.17 bits per heavy atom. The zero-order valence-electron chi connectivity index (χ0n) is 13.1. The fraction of sp³-hybridized carbons (Fsp3) is 0.118. The van der Waals surface area contributed by atoms with Crippen LogP contribution in [-0.4, -0.2) is 16.7 Å². The summed E-state index contributed by atoms with van der Waals surface area (Å²) < 4.78 is 25.7. The summed E-state index contributed by atoms with van der Waals surface area (Å²) in [6.45, 7) is 0. The van der Waals surface area contributed by atoms with Crippen molar-refractivity contribution in [3.05, 3.63) is 58.8 Å². The number of hydrogen-bond acceptors (Lipinski definition) is 5. The molecule has 5 nitrogen and oxygen atoms in total. The van der Waals surface area contributed by atoms with Crippen LogP contribution in [0.3, 0.4) is 0 Å². The molecule has 0 aliphatic rings. The van der Waals surface area contributed by atoms with E-state index in [-0.39, 0.29) is 5.43 Å². The maximum Gasteiger partial charge on any atom is 0.193 e. The van der Waals surface area contributed by atoms with Gasteiger partial charge in [-0.05, 0) is 30.3 Å². The minimum atomic E-state index is -1.26. The van der Waals surface area contributed by atoms with Gasteiger partial charge in [-0.3, -0.25) is 4.79 Å². The van der Waals surface area contributed by atoms with Crippen molar-refractivity contribution in [1.82, 2.24) is 0 Å². The number of hydrogen-bond donors (Lipinski definition) is 1. The lowest BCUT2D eigenvalue weighted by atomic mass is 10.1. The molecule has 2 aromatic carbocycles. The number of nitrogens with one attached hydrogen (secondary N) is 1. The van der Waals surface area contributed by atoms with Gasteiger partial charge in [0.1, 0.15) is 28.1 Å². The topological polar surface area (TPSA) is 68.5 Å². The van der Waals surface area contributed by atoms with Crippen LogP contribution in [0.2, 0.25) is 0 Å². The molecule has 0 radical (unpaired) electrons. The molecule has 0 saturated carbocycles. The summed E-state index contributed by atoms with van der Waals surface area (Å²) in [6.07, 6.45) is 3.34. The highest BCUT2D eigenvalue weighted by Crippen LogP contribution is 2.33. The van der Waals surface area contributed by atoms with E-state index in [0.29, 0.717) is 33.7 Å². The first kappa shape index (κ1) is 16.6. The second-order valence-corrected chi connectivity index (χ2v) is 6.60. The molecule has 0 aliphatic heterocycles. The van der Waals surface area contributed by atoms with E-state index in [0.717, 1.165) is 0 Å². The Morgan fingerprint density at radius 3 is 2.71 bits per heavy atom. The SMILES string of the molecule is CSOc1ccc(NS(C)=O)c(-c2cc(=O)c3ccccc3o2)c1. The molecule has 0 aliphatic carbocycles. The summed E-state index contributed by atoms with van der Waals surface area (Å²) in [5.41, 5.74) is 1.58. The summed E-state index contributed by atoms with van der Waals surface area (Å²) in [7, 11) is -1.26. The van der Waals surface area contributed by atoms with Gasteiger partial charge in [0, 0.05) is 24.1 Å². The standard InChI is InChI=1S/C17H15NO4S2/c1-23-22-11-7-8-14(18-24(2)20)13(9-11)17-10-15(19)12-5-3-4-6-16(12)21-17/h3-10,18H,1-2H3. The molecule has 3 rings (SSSR count). The molecule has 3 aromatic rings. The average Bonchev–Trinajstić information content (AvgIpc) is 2.56. The first-order chi connectivity index (χ1) is 11.6. The van der Waals surface area contributed by atoms with Gasteiger partial charge in [0.15, 0.2) is 5.43 Å². The van der Waals surface area contributed by atoms with Crippen LogP contribution < -0.4 is 14.3 Å². The second-order valence-electron chi connectivity index (χ2n) is 4.98. The molecule has 124 valence electrons. The Balaban J connectivity index is 2.20. The van der Waals surface area contributed by atoms with E-state index in [1.807, 2.05) is 12.3 Å². The molecule has 0 fully saturated rings. The zero-order valence-corrected chi connectivity index (χ0v) is 14.7. The van der Waals surface area contributed by atoms with Crippen LogP contribution in [0.15, 0.2) is 57.7 Å². The predicted molar refractivity (Wildman–Crippen MR) is 99.8 cm³/mol. The van der Waals surface area contributed by atoms with Crippen LogP contribution >= 0.6 is 12.0 Å². The van der Waals surface area contributed by atoms with E-state index >= 15 is 0 Å². The lowest BCUT2D eigenvalue weighted by Gasteiger charge is -2.12. The van der Waals surface area contributed by atoms with E-state index in [4.69, 9.17) is 8.60 Å². The predicted octanol–water partition coefficient (Wildman–Crippen LogP) is 3.82. The molecule has 1 atom stereocenters. The molecule has 1 unspecified atom stereocenters. The van der Waals surface area contributed by atoms with E-state index in [9.17, 15) is 9.00 Å². The van der Waals surface area contributed by atoms with Gasteiger partial charge < -0.3 is 13.3 Å². The van der Waals surface area contributed by atoms with Crippen LogP contribution in [0.5, 0.6) is 5.75 Å². The summed E-state index contributed by atoms with van der Waals surface area (Å²) in [5.74, 6) is 0.999. The summed E-state index contributed by atoms with van der Waals surface area (Å²) in [4.78, 5) is 12.3. The van der Waals surface area contributed by atoms with Crippen molar-refractivity contribution in [2.45, 2.75) is 0 Å². The van der Waals surface area contributed by atoms with E-state index in [2.05, 4.69) is 4.72 Å². The van der Waals surface area contributed by atoms with Gasteiger partial charge in [-0.15, -0.1) is 0 Å². The highest BCUT2D eigenvalue weighted by atomic mass is 32.2. The molecular weight excluding hydrogens is 346 g/mol. The minimum Gasteiger partial charge on any atom is -0.456 e. The van der Waals surface area contributed by atoms with Gasteiger partial charge >= 0.3 is 0 Å². The van der Waals surface area contributed by atoms with Crippen LogP contribution in [0.4, 0.5) is 5.69 Å². The Labute approximate surface area is 145 Å². The van der Waals surface area contributed by atoms with Crippen molar-refractivity contribution in [2.75, 3.05) is 17.2 Å². The van der Waals surface area contributed by atoms with Gasteiger partial charge in [0.2, 0.25) is 0 Å². The third-order valence-electron chi connectivity index (χ3n) is 3.32. The molecule has 24 heavy (non-hydrogen) atoms. The Bertz CT molecular complexity index is 968. The third-order valence-corrected chi connectivity index (χ3v) is 4.19. The van der Waals surface area contributed by atoms with Crippen molar-refractivity contribution in [3.63, 3.8) is 0 Å². The first-order valence-corrected chi connectivity index (χ1v) is 9.77. The van der Waals surface area contributed by atoms with E-state index < -0.39 is 11.0 Å². The Morgan fingerprint density at radius 2 is 1.96 bits per heavy atom. The Kier molecular flexibility index (Phi) is 4.92. The third kappa shape index (κ3) is 3.47. The van der Waals surface area contributed by atoms with Crippen molar-refractivity contribution in [1.29, 1.82) is 0 Å². The van der Waals surface area contributed by atoms with Crippen LogP contribution in [-0.2, 0) is 11.0 Å². The van der Waals surface area contributed by atoms with Crippen LogP contribution in [0.1, 0.15) is 0 Å². The lowest BCUT2D eigenvalue weighted by molar-refractivity contribution is 0.616. The summed E-state index contributed by atoms with van der Waals surface area (Å²) in [5, 5.41) is 0.520. The maximum absolute atomic E-state index is 12.3. The average molecular weight is 361 g/mol. The molecular formula is C17H15NO4S2.